The molecular formula is C19H22N6O. The van der Waals surface area contributed by atoms with Crippen LogP contribution in [-0.4, -0.2) is 39.0 Å². The maximum atomic E-state index is 12.6. The maximum absolute atomic E-state index is 12.6. The molecule has 134 valence electrons. The molecule has 1 aromatic carbocycles. The number of nitrogens with zero attached hydrogens (tertiary/aromatic N) is 5. The minimum absolute atomic E-state index is 0.103. The molecule has 1 saturated heterocycles. The van der Waals surface area contributed by atoms with E-state index in [1.807, 2.05) is 6.92 Å². The summed E-state index contributed by atoms with van der Waals surface area (Å²) in [5.41, 5.74) is 3.25. The molecule has 0 bridgehead atoms. The molecular weight excluding hydrogens is 328 g/mol. The second-order valence-electron chi connectivity index (χ2n) is 6.70. The molecule has 3 heterocycles. The van der Waals surface area contributed by atoms with E-state index in [1.54, 1.807) is 18.3 Å². The van der Waals surface area contributed by atoms with Crippen LogP contribution in [0.3, 0.4) is 0 Å². The Labute approximate surface area is 152 Å². The van der Waals surface area contributed by atoms with Crippen LogP contribution in [-0.2, 0) is 0 Å². The van der Waals surface area contributed by atoms with Crippen LogP contribution in [0.2, 0.25) is 0 Å². The molecule has 2 aromatic heterocycles. The molecule has 1 aliphatic heterocycles. The van der Waals surface area contributed by atoms with Gasteiger partial charge >= 0.3 is 0 Å². The first-order chi connectivity index (χ1) is 12.7. The van der Waals surface area contributed by atoms with Gasteiger partial charge in [-0.3, -0.25) is 4.79 Å². The maximum Gasteiger partial charge on any atom is 0.255 e. The van der Waals surface area contributed by atoms with Crippen molar-refractivity contribution in [3.8, 4) is 0 Å². The van der Waals surface area contributed by atoms with Gasteiger partial charge in [0, 0.05) is 25.0 Å². The van der Waals surface area contributed by atoms with Crippen LogP contribution < -0.4 is 10.2 Å². The molecule has 7 heteroatoms. The molecule has 1 N–H and O–H groups in total. The van der Waals surface area contributed by atoms with Gasteiger partial charge < -0.3 is 10.2 Å². The van der Waals surface area contributed by atoms with Crippen LogP contribution in [0, 0.1) is 0 Å². The van der Waals surface area contributed by atoms with Gasteiger partial charge in [0.2, 0.25) is 0 Å². The zero-order valence-electron chi connectivity index (χ0n) is 14.8. The quantitative estimate of drug-likeness (QED) is 0.783. The molecule has 7 nitrogen and oxygen atoms in total. The smallest absolute Gasteiger partial charge is 0.255 e. The van der Waals surface area contributed by atoms with E-state index in [9.17, 15) is 4.79 Å². The molecule has 1 fully saturated rings. The van der Waals surface area contributed by atoms with Gasteiger partial charge in [-0.15, -0.1) is 5.10 Å². The van der Waals surface area contributed by atoms with Gasteiger partial charge in [0.05, 0.1) is 11.6 Å². The van der Waals surface area contributed by atoms with Crippen molar-refractivity contribution in [1.29, 1.82) is 0 Å². The zero-order valence-corrected chi connectivity index (χ0v) is 14.8. The third-order valence-electron chi connectivity index (χ3n) is 4.93. The predicted molar refractivity (Wildman–Crippen MR) is 99.2 cm³/mol. The van der Waals surface area contributed by atoms with Crippen LogP contribution in [0.25, 0.3) is 5.65 Å². The highest BCUT2D eigenvalue weighted by molar-refractivity contribution is 5.99. The number of pyridine rings is 1. The van der Waals surface area contributed by atoms with E-state index >= 15 is 0 Å². The highest BCUT2D eigenvalue weighted by Crippen LogP contribution is 2.22. The van der Waals surface area contributed by atoms with Crippen molar-refractivity contribution in [2.45, 2.75) is 32.2 Å². The number of rotatable bonds is 4. The summed E-state index contributed by atoms with van der Waals surface area (Å²) in [6.45, 7) is 4.24. The monoisotopic (exact) mass is 350 g/mol. The molecule has 4 rings (SSSR count). The van der Waals surface area contributed by atoms with Crippen LogP contribution in [0.4, 0.5) is 5.69 Å². The van der Waals surface area contributed by atoms with Gasteiger partial charge in [-0.2, -0.15) is 4.52 Å². The number of hydrogen-bond donors (Lipinski definition) is 1. The van der Waals surface area contributed by atoms with Crippen molar-refractivity contribution in [2.75, 3.05) is 18.0 Å². The number of fused-ring (bicyclic) bond motifs is 1. The van der Waals surface area contributed by atoms with Crippen molar-refractivity contribution < 1.29 is 4.79 Å². The summed E-state index contributed by atoms with van der Waals surface area (Å²) in [6.07, 6.45) is 5.56. The minimum Gasteiger partial charge on any atom is -0.372 e. The van der Waals surface area contributed by atoms with Crippen LogP contribution in [0.15, 0.2) is 42.6 Å². The minimum atomic E-state index is -0.182. The van der Waals surface area contributed by atoms with Crippen molar-refractivity contribution in [3.63, 3.8) is 0 Å². The van der Waals surface area contributed by atoms with E-state index in [0.717, 1.165) is 18.7 Å². The number of tetrazole rings is 1. The molecule has 0 spiro atoms. The first kappa shape index (κ1) is 16.5. The molecule has 0 unspecified atom stereocenters. The summed E-state index contributed by atoms with van der Waals surface area (Å²) in [6, 6.07) is 11.9. The number of amides is 1. The van der Waals surface area contributed by atoms with Crippen LogP contribution >= 0.6 is 0 Å². The van der Waals surface area contributed by atoms with E-state index in [-0.39, 0.29) is 11.9 Å². The largest absolute Gasteiger partial charge is 0.372 e. The highest BCUT2D eigenvalue weighted by Gasteiger charge is 2.16. The van der Waals surface area contributed by atoms with Crippen LogP contribution in [0.1, 0.15) is 48.1 Å². The Kier molecular flexibility index (Phi) is 4.51. The van der Waals surface area contributed by atoms with Gasteiger partial charge in [0.1, 0.15) is 0 Å². The van der Waals surface area contributed by atoms with E-state index in [4.69, 9.17) is 0 Å². The Bertz CT molecular complexity index is 898. The first-order valence-electron chi connectivity index (χ1n) is 9.05. The molecule has 26 heavy (non-hydrogen) atoms. The lowest BCUT2D eigenvalue weighted by atomic mass is 10.1. The van der Waals surface area contributed by atoms with Gasteiger partial charge in [-0.05, 0) is 66.4 Å². The van der Waals surface area contributed by atoms with Crippen molar-refractivity contribution in [2.24, 2.45) is 0 Å². The Morgan fingerprint density at radius 2 is 1.88 bits per heavy atom. The van der Waals surface area contributed by atoms with E-state index in [2.05, 4.69) is 50.0 Å². The fraction of sp³-hybridized carbons (Fsp3) is 0.368. The van der Waals surface area contributed by atoms with Gasteiger partial charge in [0.15, 0.2) is 5.65 Å². The highest BCUT2D eigenvalue weighted by atomic mass is 16.1. The van der Waals surface area contributed by atoms with E-state index in [1.165, 1.54) is 29.5 Å². The van der Waals surface area contributed by atoms with Gasteiger partial charge in [-0.25, -0.2) is 0 Å². The molecule has 1 atom stereocenters. The topological polar surface area (TPSA) is 75.4 Å². The molecule has 3 aromatic rings. The average Bonchev–Trinajstić information content (AvgIpc) is 3.17. The number of carbonyl (C=O) groups is 1. The van der Waals surface area contributed by atoms with Crippen LogP contribution in [0.5, 0.6) is 0 Å². The number of nitrogens with one attached hydrogen (secondary N) is 1. The summed E-state index contributed by atoms with van der Waals surface area (Å²) < 4.78 is 1.49. The molecule has 1 aliphatic rings. The third-order valence-corrected chi connectivity index (χ3v) is 4.93. The number of benzene rings is 1. The zero-order chi connectivity index (χ0) is 17.9. The van der Waals surface area contributed by atoms with Crippen molar-refractivity contribution in [1.82, 2.24) is 25.4 Å². The van der Waals surface area contributed by atoms with Gasteiger partial charge in [0.25, 0.3) is 5.91 Å². The van der Waals surface area contributed by atoms with E-state index in [0.29, 0.717) is 11.2 Å². The lowest BCUT2D eigenvalue weighted by Gasteiger charge is -2.29. The molecule has 0 radical (unpaired) electrons. The number of hydrogen-bond acceptors (Lipinski definition) is 5. The third kappa shape index (κ3) is 3.24. The van der Waals surface area contributed by atoms with E-state index < -0.39 is 0 Å². The number of aromatic nitrogens is 4. The Hall–Kier alpha value is -2.96. The standard InChI is InChI=1S/C19H22N6O/c1-14(15-7-9-16(10-8-15)24-11-3-2-4-12-24)20-19(26)17-6-5-13-25-18(17)21-22-23-25/h5-10,13-14H,2-4,11-12H2,1H3,(H,20,26)/t14-/m0/s1. The second-order valence-corrected chi connectivity index (χ2v) is 6.70. The normalized spacial score (nSPS) is 15.8. The summed E-state index contributed by atoms with van der Waals surface area (Å²) in [5, 5.41) is 14.4. The molecule has 1 amide bonds. The Morgan fingerprint density at radius 1 is 1.12 bits per heavy atom. The first-order valence-corrected chi connectivity index (χ1v) is 9.05. The number of anilines is 1. The fourth-order valence-electron chi connectivity index (χ4n) is 3.43. The Morgan fingerprint density at radius 3 is 2.65 bits per heavy atom. The SMILES string of the molecule is C[C@H](NC(=O)c1cccn2nnnc12)c1ccc(N2CCCCC2)cc1. The second kappa shape index (κ2) is 7.11. The average molecular weight is 350 g/mol. The van der Waals surface area contributed by atoms with Crippen molar-refractivity contribution in [3.05, 3.63) is 53.7 Å². The summed E-state index contributed by atoms with van der Waals surface area (Å²) in [4.78, 5) is 15.1. The summed E-state index contributed by atoms with van der Waals surface area (Å²) >= 11 is 0. The summed E-state index contributed by atoms with van der Waals surface area (Å²) in [5.74, 6) is -0.182. The van der Waals surface area contributed by atoms with Gasteiger partial charge in [-0.1, -0.05) is 12.1 Å². The number of piperidine rings is 1. The van der Waals surface area contributed by atoms with Crippen molar-refractivity contribution >= 4 is 17.2 Å². The molecule has 0 saturated carbocycles. The predicted octanol–water partition coefficient (Wildman–Crippen LogP) is 2.61. The number of carbonyl (C=O) groups excluding carboxylic acids is 1. The lowest BCUT2D eigenvalue weighted by Crippen LogP contribution is -2.29. The summed E-state index contributed by atoms with van der Waals surface area (Å²) in [7, 11) is 0. The lowest BCUT2D eigenvalue weighted by molar-refractivity contribution is 0.0941. The fourth-order valence-corrected chi connectivity index (χ4v) is 3.43. The Balaban J connectivity index is 1.46. The molecule has 0 aliphatic carbocycles.